The predicted molar refractivity (Wildman–Crippen MR) is 127 cm³/mol. The van der Waals surface area contributed by atoms with Crippen LogP contribution in [0.3, 0.4) is 0 Å². The summed E-state index contributed by atoms with van der Waals surface area (Å²) in [5.41, 5.74) is 1.62. The van der Waals surface area contributed by atoms with E-state index >= 15 is 0 Å². The van der Waals surface area contributed by atoms with E-state index in [1.165, 1.54) is 6.07 Å². The number of hydrogen-bond donors (Lipinski definition) is 2. The average Bonchev–Trinajstić information content (AvgIpc) is 2.80. The second-order valence-electron chi connectivity index (χ2n) is 8.72. The van der Waals surface area contributed by atoms with Crippen LogP contribution < -0.4 is 14.8 Å². The predicted octanol–water partition coefficient (Wildman–Crippen LogP) is 2.15. The van der Waals surface area contributed by atoms with Gasteiger partial charge in [0, 0.05) is 19.3 Å². The smallest absolute Gasteiger partial charge is 0.257 e. The molecule has 0 aromatic heterocycles. The van der Waals surface area contributed by atoms with Gasteiger partial charge in [0.05, 0.1) is 30.4 Å². The standard InChI is InChI=1S/C24H29N3O6S/c1-27-20-10-9-18(13-23(28)25-14-16-6-4-3-5-7-16)33-22(20)15-32-21-11-8-17(26-34(2,30)31)12-19(21)24(27)29/h3-8,11-12,18,20,22,26H,9-10,13-15H2,1-2H3,(H,25,28)/t18-,20-,22+/m1/s1. The van der Waals surface area contributed by atoms with E-state index < -0.39 is 10.0 Å². The molecule has 2 aromatic rings. The summed E-state index contributed by atoms with van der Waals surface area (Å²) in [6.45, 7) is 0.683. The first-order valence-electron chi connectivity index (χ1n) is 11.2. The number of sulfonamides is 1. The molecule has 0 radical (unpaired) electrons. The Morgan fingerprint density at radius 2 is 1.91 bits per heavy atom. The van der Waals surface area contributed by atoms with Crippen molar-refractivity contribution < 1.29 is 27.5 Å². The molecule has 1 fully saturated rings. The van der Waals surface area contributed by atoms with E-state index in [2.05, 4.69) is 10.0 Å². The lowest BCUT2D eigenvalue weighted by molar-refractivity contribution is -0.134. The Morgan fingerprint density at radius 3 is 2.65 bits per heavy atom. The van der Waals surface area contributed by atoms with Crippen LogP contribution in [-0.4, -0.2) is 63.3 Å². The summed E-state index contributed by atoms with van der Waals surface area (Å²) in [7, 11) is -1.76. The summed E-state index contributed by atoms with van der Waals surface area (Å²) in [6.07, 6.45) is 1.96. The molecule has 2 amide bonds. The Balaban J connectivity index is 1.40. The Hall–Kier alpha value is -3.11. The fourth-order valence-electron chi connectivity index (χ4n) is 4.38. The molecule has 0 spiro atoms. The van der Waals surface area contributed by atoms with Crippen molar-refractivity contribution in [3.05, 3.63) is 59.7 Å². The molecule has 1 saturated heterocycles. The van der Waals surface area contributed by atoms with Gasteiger partial charge in [-0.25, -0.2) is 8.42 Å². The van der Waals surface area contributed by atoms with Crippen LogP contribution in [0.5, 0.6) is 5.75 Å². The number of ether oxygens (including phenoxy) is 2. The summed E-state index contributed by atoms with van der Waals surface area (Å²) in [6, 6.07) is 14.1. The van der Waals surface area contributed by atoms with E-state index in [0.717, 1.165) is 11.8 Å². The quantitative estimate of drug-likeness (QED) is 0.645. The molecule has 2 aliphatic rings. The monoisotopic (exact) mass is 487 g/mol. The zero-order chi connectivity index (χ0) is 24.3. The molecule has 4 rings (SSSR count). The molecule has 0 saturated carbocycles. The Bertz CT molecular complexity index is 1150. The van der Waals surface area contributed by atoms with Gasteiger partial charge in [-0.05, 0) is 36.6 Å². The topological polar surface area (TPSA) is 114 Å². The lowest BCUT2D eigenvalue weighted by Crippen LogP contribution is -2.53. The summed E-state index contributed by atoms with van der Waals surface area (Å²) in [5, 5.41) is 2.93. The van der Waals surface area contributed by atoms with Crippen molar-refractivity contribution in [3.63, 3.8) is 0 Å². The first-order valence-corrected chi connectivity index (χ1v) is 13.1. The van der Waals surface area contributed by atoms with Crippen molar-refractivity contribution in [1.82, 2.24) is 10.2 Å². The summed E-state index contributed by atoms with van der Waals surface area (Å²) < 4.78 is 37.6. The number of nitrogens with zero attached hydrogens (tertiary/aromatic N) is 1. The largest absolute Gasteiger partial charge is 0.490 e. The van der Waals surface area contributed by atoms with Crippen molar-refractivity contribution in [3.8, 4) is 5.75 Å². The first kappa shape index (κ1) is 24.0. The van der Waals surface area contributed by atoms with Gasteiger partial charge in [0.1, 0.15) is 18.5 Å². The molecule has 2 heterocycles. The number of benzene rings is 2. The maximum atomic E-state index is 13.2. The zero-order valence-electron chi connectivity index (χ0n) is 19.2. The fraction of sp³-hybridized carbons (Fsp3) is 0.417. The van der Waals surface area contributed by atoms with Crippen LogP contribution in [0.15, 0.2) is 48.5 Å². The van der Waals surface area contributed by atoms with Crippen LogP contribution in [0, 0.1) is 0 Å². The van der Waals surface area contributed by atoms with Gasteiger partial charge in [-0.1, -0.05) is 30.3 Å². The maximum absolute atomic E-state index is 13.2. The number of hydrogen-bond acceptors (Lipinski definition) is 6. The van der Waals surface area contributed by atoms with Crippen molar-refractivity contribution >= 4 is 27.5 Å². The summed E-state index contributed by atoms with van der Waals surface area (Å²) in [5.74, 6) is 0.00457. The number of rotatable bonds is 6. The van der Waals surface area contributed by atoms with Crippen molar-refractivity contribution in [2.75, 3.05) is 24.6 Å². The minimum Gasteiger partial charge on any atom is -0.490 e. The van der Waals surface area contributed by atoms with Gasteiger partial charge in [-0.2, -0.15) is 0 Å². The third-order valence-corrected chi connectivity index (χ3v) is 6.67. The highest BCUT2D eigenvalue weighted by atomic mass is 32.2. The lowest BCUT2D eigenvalue weighted by atomic mass is 9.94. The highest BCUT2D eigenvalue weighted by Crippen LogP contribution is 2.32. The molecular weight excluding hydrogens is 458 g/mol. The SMILES string of the molecule is CN1C(=O)c2cc(NS(C)(=O)=O)ccc2OC[C@@H]2O[C@@H](CC(=O)NCc3ccccc3)CC[C@H]21. The Labute approximate surface area is 199 Å². The van der Waals surface area contributed by atoms with E-state index in [0.29, 0.717) is 30.8 Å². The number of nitrogens with one attached hydrogen (secondary N) is 2. The highest BCUT2D eigenvalue weighted by Gasteiger charge is 2.39. The van der Waals surface area contributed by atoms with Gasteiger partial charge in [-0.3, -0.25) is 14.3 Å². The van der Waals surface area contributed by atoms with Crippen LogP contribution in [-0.2, 0) is 26.1 Å². The normalized spacial score (nSPS) is 22.5. The van der Waals surface area contributed by atoms with Crippen molar-refractivity contribution in [2.24, 2.45) is 0 Å². The van der Waals surface area contributed by atoms with Gasteiger partial charge in [0.2, 0.25) is 15.9 Å². The first-order chi connectivity index (χ1) is 16.2. The van der Waals surface area contributed by atoms with Crippen LogP contribution in [0.1, 0.15) is 35.2 Å². The van der Waals surface area contributed by atoms with Crippen LogP contribution >= 0.6 is 0 Å². The van der Waals surface area contributed by atoms with Crippen molar-refractivity contribution in [1.29, 1.82) is 0 Å². The zero-order valence-corrected chi connectivity index (χ0v) is 20.0. The van der Waals surface area contributed by atoms with E-state index in [-0.39, 0.29) is 48.7 Å². The number of likely N-dealkylation sites (N-methyl/N-ethyl adjacent to an activating group) is 1. The third kappa shape index (κ3) is 5.87. The Kier molecular flexibility index (Phi) is 7.08. The molecular formula is C24H29N3O6S. The van der Waals surface area contributed by atoms with Gasteiger partial charge in [0.15, 0.2) is 0 Å². The van der Waals surface area contributed by atoms with Crippen LogP contribution in [0.25, 0.3) is 0 Å². The molecule has 2 N–H and O–H groups in total. The van der Waals surface area contributed by atoms with Gasteiger partial charge >= 0.3 is 0 Å². The molecule has 0 aliphatic carbocycles. The minimum absolute atomic E-state index is 0.0836. The minimum atomic E-state index is -3.47. The van der Waals surface area contributed by atoms with Crippen LogP contribution in [0.2, 0.25) is 0 Å². The van der Waals surface area contributed by atoms with Gasteiger partial charge < -0.3 is 19.7 Å². The number of amides is 2. The highest BCUT2D eigenvalue weighted by molar-refractivity contribution is 7.92. The number of carbonyl (C=O) groups is 2. The molecule has 3 atom stereocenters. The summed E-state index contributed by atoms with van der Waals surface area (Å²) >= 11 is 0. The van der Waals surface area contributed by atoms with Gasteiger partial charge in [0.25, 0.3) is 5.91 Å². The summed E-state index contributed by atoms with van der Waals surface area (Å²) in [4.78, 5) is 27.3. The second-order valence-corrected chi connectivity index (χ2v) is 10.5. The molecule has 0 bridgehead atoms. The number of carbonyl (C=O) groups excluding carboxylic acids is 2. The van der Waals surface area contributed by atoms with E-state index in [1.54, 1.807) is 24.1 Å². The fourth-order valence-corrected chi connectivity index (χ4v) is 4.94. The number of anilines is 1. The Morgan fingerprint density at radius 1 is 1.15 bits per heavy atom. The number of fused-ring (bicyclic) bond motifs is 2. The van der Waals surface area contributed by atoms with E-state index in [9.17, 15) is 18.0 Å². The van der Waals surface area contributed by atoms with Crippen LogP contribution in [0.4, 0.5) is 5.69 Å². The molecule has 9 nitrogen and oxygen atoms in total. The third-order valence-electron chi connectivity index (χ3n) is 6.06. The van der Waals surface area contributed by atoms with Crippen molar-refractivity contribution in [2.45, 2.75) is 44.1 Å². The average molecular weight is 488 g/mol. The molecule has 182 valence electrons. The molecule has 10 heteroatoms. The second kappa shape index (κ2) is 10.0. The molecule has 34 heavy (non-hydrogen) atoms. The molecule has 2 aliphatic heterocycles. The molecule has 0 unspecified atom stereocenters. The van der Waals surface area contributed by atoms with E-state index in [1.807, 2.05) is 30.3 Å². The van der Waals surface area contributed by atoms with Gasteiger partial charge in [-0.15, -0.1) is 0 Å². The maximum Gasteiger partial charge on any atom is 0.257 e. The lowest BCUT2D eigenvalue weighted by Gasteiger charge is -2.42. The molecule has 2 aromatic carbocycles. The van der Waals surface area contributed by atoms with E-state index in [4.69, 9.17) is 9.47 Å².